The Bertz CT molecular complexity index is 608. The van der Waals surface area contributed by atoms with Gasteiger partial charge in [-0.15, -0.1) is 11.3 Å². The van der Waals surface area contributed by atoms with Crippen molar-refractivity contribution in [3.05, 3.63) is 35.1 Å². The quantitative estimate of drug-likeness (QED) is 0.890. The predicted octanol–water partition coefficient (Wildman–Crippen LogP) is 3.11. The van der Waals surface area contributed by atoms with Crippen molar-refractivity contribution in [1.82, 2.24) is 20.2 Å². The first-order chi connectivity index (χ1) is 10.7. The van der Waals surface area contributed by atoms with Gasteiger partial charge >= 0.3 is 6.03 Å². The van der Waals surface area contributed by atoms with E-state index in [0.717, 1.165) is 35.8 Å². The Kier molecular flexibility index (Phi) is 5.89. The number of pyridine rings is 1. The van der Waals surface area contributed by atoms with E-state index in [-0.39, 0.29) is 6.03 Å². The second kappa shape index (κ2) is 7.89. The Morgan fingerprint density at radius 3 is 2.59 bits per heavy atom. The molecule has 0 aromatic carbocycles. The Hall–Kier alpha value is -1.95. The van der Waals surface area contributed by atoms with Crippen LogP contribution in [0.25, 0.3) is 10.6 Å². The van der Waals surface area contributed by atoms with E-state index in [4.69, 9.17) is 0 Å². The van der Waals surface area contributed by atoms with Gasteiger partial charge < -0.3 is 10.2 Å². The molecule has 0 atom stereocenters. The molecule has 1 N–H and O–H groups in total. The van der Waals surface area contributed by atoms with E-state index in [2.05, 4.69) is 15.3 Å². The number of aryl methyl sites for hydroxylation is 1. The fraction of sp³-hybridized carbons (Fsp3) is 0.438. The van der Waals surface area contributed by atoms with Gasteiger partial charge in [-0.05, 0) is 32.9 Å². The highest BCUT2D eigenvalue weighted by Gasteiger charge is 2.11. The minimum Gasteiger partial charge on any atom is -0.338 e. The predicted molar refractivity (Wildman–Crippen MR) is 90.1 cm³/mol. The first-order valence-electron chi connectivity index (χ1n) is 7.55. The van der Waals surface area contributed by atoms with Crippen LogP contribution in [0.15, 0.2) is 24.5 Å². The van der Waals surface area contributed by atoms with Crippen LogP contribution in [-0.2, 0) is 6.42 Å². The fourth-order valence-electron chi connectivity index (χ4n) is 2.18. The Morgan fingerprint density at radius 1 is 1.27 bits per heavy atom. The first kappa shape index (κ1) is 16.4. The van der Waals surface area contributed by atoms with Gasteiger partial charge in [0.1, 0.15) is 5.01 Å². The molecule has 0 fully saturated rings. The van der Waals surface area contributed by atoms with Crippen LogP contribution < -0.4 is 5.32 Å². The van der Waals surface area contributed by atoms with E-state index in [0.29, 0.717) is 6.54 Å². The number of urea groups is 1. The summed E-state index contributed by atoms with van der Waals surface area (Å²) in [7, 11) is 0. The maximum Gasteiger partial charge on any atom is 0.317 e. The minimum atomic E-state index is 0.00141. The van der Waals surface area contributed by atoms with Crippen molar-refractivity contribution in [2.24, 2.45) is 0 Å². The molecule has 2 amide bonds. The molecule has 118 valence electrons. The van der Waals surface area contributed by atoms with Gasteiger partial charge in [-0.2, -0.15) is 0 Å². The standard InChI is InChI=1S/C16H22N4OS/c1-4-20(5-2)16(21)18-11-8-14-12(3)19-15(22-14)13-6-9-17-10-7-13/h6-7,9-10H,4-5,8,11H2,1-3H3,(H,18,21). The molecule has 2 aromatic rings. The van der Waals surface area contributed by atoms with Gasteiger partial charge in [0.25, 0.3) is 0 Å². The van der Waals surface area contributed by atoms with Crippen LogP contribution in [0, 0.1) is 6.92 Å². The van der Waals surface area contributed by atoms with Crippen molar-refractivity contribution in [2.75, 3.05) is 19.6 Å². The molecule has 0 spiro atoms. The summed E-state index contributed by atoms with van der Waals surface area (Å²) >= 11 is 1.68. The highest BCUT2D eigenvalue weighted by atomic mass is 32.1. The molecule has 6 heteroatoms. The number of thiazole rings is 1. The summed E-state index contributed by atoms with van der Waals surface area (Å²) in [6.45, 7) is 8.08. The third-order valence-corrected chi connectivity index (χ3v) is 4.77. The Balaban J connectivity index is 1.94. The lowest BCUT2D eigenvalue weighted by Gasteiger charge is -2.18. The number of aromatic nitrogens is 2. The van der Waals surface area contributed by atoms with Crippen LogP contribution in [0.2, 0.25) is 0 Å². The van der Waals surface area contributed by atoms with E-state index >= 15 is 0 Å². The lowest BCUT2D eigenvalue weighted by Crippen LogP contribution is -2.40. The number of nitrogens with one attached hydrogen (secondary N) is 1. The molecule has 0 unspecified atom stereocenters. The number of carbonyl (C=O) groups is 1. The van der Waals surface area contributed by atoms with Crippen LogP contribution in [-0.4, -0.2) is 40.5 Å². The molecule has 2 aromatic heterocycles. The molecule has 22 heavy (non-hydrogen) atoms. The Morgan fingerprint density at radius 2 is 1.95 bits per heavy atom. The van der Waals surface area contributed by atoms with Gasteiger partial charge in [-0.25, -0.2) is 9.78 Å². The van der Waals surface area contributed by atoms with Crippen LogP contribution in [0.3, 0.4) is 0 Å². The fourth-order valence-corrected chi connectivity index (χ4v) is 3.25. The van der Waals surface area contributed by atoms with Crippen molar-refractivity contribution in [3.8, 4) is 10.6 Å². The van der Waals surface area contributed by atoms with Crippen molar-refractivity contribution in [1.29, 1.82) is 0 Å². The molecule has 2 heterocycles. The second-order valence-corrected chi connectivity index (χ2v) is 6.00. The summed E-state index contributed by atoms with van der Waals surface area (Å²) < 4.78 is 0. The van der Waals surface area contributed by atoms with Crippen LogP contribution in [0.1, 0.15) is 24.4 Å². The molecule has 0 saturated heterocycles. The summed E-state index contributed by atoms with van der Waals surface area (Å²) in [6.07, 6.45) is 4.35. The van der Waals surface area contributed by atoms with Crippen molar-refractivity contribution in [3.63, 3.8) is 0 Å². The molecule has 0 aliphatic heterocycles. The summed E-state index contributed by atoms with van der Waals surface area (Å²) in [6, 6.07) is 3.93. The van der Waals surface area contributed by atoms with Crippen molar-refractivity contribution < 1.29 is 4.79 Å². The minimum absolute atomic E-state index is 0.00141. The molecule has 0 bridgehead atoms. The van der Waals surface area contributed by atoms with Gasteiger partial charge in [0, 0.05) is 48.9 Å². The maximum absolute atomic E-state index is 11.9. The number of nitrogens with zero attached hydrogens (tertiary/aromatic N) is 3. The van der Waals surface area contributed by atoms with Crippen molar-refractivity contribution in [2.45, 2.75) is 27.2 Å². The van der Waals surface area contributed by atoms with E-state index in [1.54, 1.807) is 28.6 Å². The second-order valence-electron chi connectivity index (χ2n) is 4.92. The molecule has 5 nitrogen and oxygen atoms in total. The van der Waals surface area contributed by atoms with E-state index in [9.17, 15) is 4.79 Å². The SMILES string of the molecule is CCN(CC)C(=O)NCCc1sc(-c2ccncc2)nc1C. The van der Waals surface area contributed by atoms with Gasteiger partial charge in [0.15, 0.2) is 0 Å². The molecular weight excluding hydrogens is 296 g/mol. The molecule has 0 radical (unpaired) electrons. The van der Waals surface area contributed by atoms with Crippen LogP contribution in [0.4, 0.5) is 4.79 Å². The van der Waals surface area contributed by atoms with Crippen LogP contribution in [0.5, 0.6) is 0 Å². The average Bonchev–Trinajstić information content (AvgIpc) is 2.91. The third kappa shape index (κ3) is 4.04. The average molecular weight is 318 g/mol. The zero-order chi connectivity index (χ0) is 15.9. The third-order valence-electron chi connectivity index (χ3n) is 3.50. The highest BCUT2D eigenvalue weighted by Crippen LogP contribution is 2.27. The molecular formula is C16H22N4OS. The topological polar surface area (TPSA) is 58.1 Å². The maximum atomic E-state index is 11.9. The summed E-state index contributed by atoms with van der Waals surface area (Å²) in [4.78, 5) is 23.5. The monoisotopic (exact) mass is 318 g/mol. The van der Waals surface area contributed by atoms with Crippen LogP contribution >= 0.6 is 11.3 Å². The molecule has 0 aliphatic rings. The first-order valence-corrected chi connectivity index (χ1v) is 8.36. The summed E-state index contributed by atoms with van der Waals surface area (Å²) in [5.41, 5.74) is 2.12. The molecule has 2 rings (SSSR count). The van der Waals surface area contributed by atoms with Gasteiger partial charge in [-0.3, -0.25) is 4.98 Å². The number of hydrogen-bond acceptors (Lipinski definition) is 4. The largest absolute Gasteiger partial charge is 0.338 e. The molecule has 0 saturated carbocycles. The zero-order valence-corrected chi connectivity index (χ0v) is 14.1. The van der Waals surface area contributed by atoms with E-state index in [1.165, 1.54) is 4.88 Å². The molecule has 0 aliphatic carbocycles. The summed E-state index contributed by atoms with van der Waals surface area (Å²) in [5, 5.41) is 3.97. The lowest BCUT2D eigenvalue weighted by molar-refractivity contribution is 0.203. The van der Waals surface area contributed by atoms with Gasteiger partial charge in [-0.1, -0.05) is 0 Å². The van der Waals surface area contributed by atoms with Crippen molar-refractivity contribution >= 4 is 17.4 Å². The normalized spacial score (nSPS) is 10.5. The Labute approximate surface area is 135 Å². The van der Waals surface area contributed by atoms with Gasteiger partial charge in [0.2, 0.25) is 0 Å². The zero-order valence-electron chi connectivity index (χ0n) is 13.3. The van der Waals surface area contributed by atoms with E-state index in [1.807, 2.05) is 32.9 Å². The van der Waals surface area contributed by atoms with E-state index < -0.39 is 0 Å². The van der Waals surface area contributed by atoms with Gasteiger partial charge in [0.05, 0.1) is 5.69 Å². The number of hydrogen-bond donors (Lipinski definition) is 1. The number of rotatable bonds is 6. The number of amides is 2. The summed E-state index contributed by atoms with van der Waals surface area (Å²) in [5.74, 6) is 0. The highest BCUT2D eigenvalue weighted by molar-refractivity contribution is 7.15. The smallest absolute Gasteiger partial charge is 0.317 e. The number of carbonyl (C=O) groups excluding carboxylic acids is 1. The lowest BCUT2D eigenvalue weighted by atomic mass is 10.3.